The van der Waals surface area contributed by atoms with Crippen LogP contribution in [0.5, 0.6) is 0 Å². The van der Waals surface area contributed by atoms with Gasteiger partial charge in [0.25, 0.3) is 5.91 Å². The summed E-state index contributed by atoms with van der Waals surface area (Å²) in [5.74, 6) is 0.0261. The molecular weight excluding hydrogens is 280 g/mol. The fraction of sp³-hybridized carbons (Fsp3) is 0.615. The summed E-state index contributed by atoms with van der Waals surface area (Å²) in [7, 11) is 1.89. The molecule has 1 N–H and O–H groups in total. The quantitative estimate of drug-likeness (QED) is 0.894. The normalized spacial score (nSPS) is 22.7. The molecule has 0 bridgehead atoms. The van der Waals surface area contributed by atoms with E-state index in [0.717, 1.165) is 10.9 Å². The SMILES string of the molecule is Cn1cc(Br)cc1C(=O)NC1CCCC1(C)C. The Labute approximate surface area is 111 Å². The maximum absolute atomic E-state index is 12.2. The van der Waals surface area contributed by atoms with Crippen molar-refractivity contribution in [1.29, 1.82) is 0 Å². The molecule has 1 fully saturated rings. The van der Waals surface area contributed by atoms with E-state index >= 15 is 0 Å². The smallest absolute Gasteiger partial charge is 0.268 e. The van der Waals surface area contributed by atoms with Crippen molar-refractivity contribution in [1.82, 2.24) is 9.88 Å². The van der Waals surface area contributed by atoms with Crippen molar-refractivity contribution in [2.24, 2.45) is 12.5 Å². The van der Waals surface area contributed by atoms with Crippen LogP contribution in [0.4, 0.5) is 0 Å². The molecule has 1 saturated carbocycles. The molecule has 0 aromatic carbocycles. The van der Waals surface area contributed by atoms with Crippen LogP contribution in [0.15, 0.2) is 16.7 Å². The molecule has 17 heavy (non-hydrogen) atoms. The number of aryl methyl sites for hydroxylation is 1. The van der Waals surface area contributed by atoms with Gasteiger partial charge in [-0.1, -0.05) is 20.3 Å². The van der Waals surface area contributed by atoms with E-state index in [0.29, 0.717) is 11.7 Å². The van der Waals surface area contributed by atoms with E-state index in [1.54, 1.807) is 0 Å². The predicted molar refractivity (Wildman–Crippen MR) is 72.0 cm³/mol. The molecule has 0 aliphatic heterocycles. The molecule has 3 nitrogen and oxygen atoms in total. The summed E-state index contributed by atoms with van der Waals surface area (Å²) in [4.78, 5) is 12.2. The molecule has 1 aromatic heterocycles. The summed E-state index contributed by atoms with van der Waals surface area (Å²) in [5, 5.41) is 3.16. The Morgan fingerprint density at radius 3 is 2.76 bits per heavy atom. The van der Waals surface area contributed by atoms with Gasteiger partial charge in [-0.25, -0.2) is 0 Å². The van der Waals surface area contributed by atoms with E-state index in [2.05, 4.69) is 35.1 Å². The molecule has 0 spiro atoms. The number of amides is 1. The lowest BCUT2D eigenvalue weighted by atomic mass is 9.87. The summed E-state index contributed by atoms with van der Waals surface area (Å²) < 4.78 is 2.79. The van der Waals surface area contributed by atoms with Crippen molar-refractivity contribution in [3.8, 4) is 0 Å². The second-order valence-corrected chi connectivity index (χ2v) is 6.48. The predicted octanol–water partition coefficient (Wildman–Crippen LogP) is 3.10. The first-order chi connectivity index (χ1) is 7.90. The maximum Gasteiger partial charge on any atom is 0.268 e. The summed E-state index contributed by atoms with van der Waals surface area (Å²) >= 11 is 3.39. The molecule has 1 aliphatic carbocycles. The number of rotatable bonds is 2. The largest absolute Gasteiger partial charge is 0.347 e. The zero-order chi connectivity index (χ0) is 12.6. The maximum atomic E-state index is 12.2. The first kappa shape index (κ1) is 12.7. The van der Waals surface area contributed by atoms with E-state index in [1.807, 2.05) is 23.9 Å². The highest BCUT2D eigenvalue weighted by atomic mass is 79.9. The number of carbonyl (C=O) groups is 1. The van der Waals surface area contributed by atoms with E-state index in [4.69, 9.17) is 0 Å². The van der Waals surface area contributed by atoms with Crippen LogP contribution in [0.1, 0.15) is 43.6 Å². The summed E-state index contributed by atoms with van der Waals surface area (Å²) in [5.41, 5.74) is 0.928. The number of aromatic nitrogens is 1. The lowest BCUT2D eigenvalue weighted by Crippen LogP contribution is -2.42. The molecule has 0 saturated heterocycles. The van der Waals surface area contributed by atoms with E-state index in [1.165, 1.54) is 12.8 Å². The average Bonchev–Trinajstić information content (AvgIpc) is 2.70. The third kappa shape index (κ3) is 2.57. The second kappa shape index (κ2) is 4.48. The molecule has 1 aromatic rings. The topological polar surface area (TPSA) is 34.0 Å². The molecule has 1 unspecified atom stereocenters. The van der Waals surface area contributed by atoms with Crippen LogP contribution < -0.4 is 5.32 Å². The van der Waals surface area contributed by atoms with Gasteiger partial charge in [-0.3, -0.25) is 4.79 Å². The van der Waals surface area contributed by atoms with Gasteiger partial charge in [0.15, 0.2) is 0 Å². The van der Waals surface area contributed by atoms with E-state index in [9.17, 15) is 4.79 Å². The van der Waals surface area contributed by atoms with Gasteiger partial charge >= 0.3 is 0 Å². The van der Waals surface area contributed by atoms with E-state index < -0.39 is 0 Å². The van der Waals surface area contributed by atoms with Crippen molar-refractivity contribution in [2.75, 3.05) is 0 Å². The van der Waals surface area contributed by atoms with Gasteiger partial charge in [0.2, 0.25) is 0 Å². The Bertz CT molecular complexity index is 437. The van der Waals surface area contributed by atoms with E-state index in [-0.39, 0.29) is 11.3 Å². The van der Waals surface area contributed by atoms with Crippen LogP contribution in [-0.2, 0) is 7.05 Å². The van der Waals surface area contributed by atoms with Crippen molar-refractivity contribution in [2.45, 2.75) is 39.2 Å². The van der Waals surface area contributed by atoms with Crippen LogP contribution in [0, 0.1) is 5.41 Å². The van der Waals surface area contributed by atoms with Crippen molar-refractivity contribution < 1.29 is 4.79 Å². The molecule has 1 heterocycles. The van der Waals surface area contributed by atoms with Crippen LogP contribution in [0.2, 0.25) is 0 Å². The Kier molecular flexibility index (Phi) is 3.34. The highest BCUT2D eigenvalue weighted by Gasteiger charge is 2.35. The molecule has 1 aliphatic rings. The summed E-state index contributed by atoms with van der Waals surface area (Å²) in [6.07, 6.45) is 5.38. The highest BCUT2D eigenvalue weighted by Crippen LogP contribution is 2.37. The molecule has 94 valence electrons. The zero-order valence-electron chi connectivity index (χ0n) is 10.6. The third-order valence-corrected chi connectivity index (χ3v) is 4.20. The molecule has 4 heteroatoms. The van der Waals surface area contributed by atoms with Gasteiger partial charge in [0, 0.05) is 23.8 Å². The Hall–Kier alpha value is -0.770. The highest BCUT2D eigenvalue weighted by molar-refractivity contribution is 9.10. The van der Waals surface area contributed by atoms with Crippen molar-refractivity contribution in [3.63, 3.8) is 0 Å². The minimum absolute atomic E-state index is 0.0261. The number of nitrogens with zero attached hydrogens (tertiary/aromatic N) is 1. The average molecular weight is 299 g/mol. The number of halogens is 1. The van der Waals surface area contributed by atoms with Crippen molar-refractivity contribution in [3.05, 3.63) is 22.4 Å². The monoisotopic (exact) mass is 298 g/mol. The van der Waals surface area contributed by atoms with Gasteiger partial charge in [-0.15, -0.1) is 0 Å². The van der Waals surface area contributed by atoms with Gasteiger partial charge in [0.1, 0.15) is 5.69 Å². The molecule has 0 radical (unpaired) electrons. The van der Waals surface area contributed by atoms with Gasteiger partial charge in [-0.05, 0) is 40.3 Å². The molecular formula is C13H19BrN2O. The third-order valence-electron chi connectivity index (χ3n) is 3.77. The Morgan fingerprint density at radius 1 is 1.59 bits per heavy atom. The number of nitrogens with one attached hydrogen (secondary N) is 1. The first-order valence-corrected chi connectivity index (χ1v) is 6.82. The minimum Gasteiger partial charge on any atom is -0.347 e. The fourth-order valence-electron chi connectivity index (χ4n) is 2.58. The summed E-state index contributed by atoms with van der Waals surface area (Å²) in [6.45, 7) is 4.46. The Morgan fingerprint density at radius 2 is 2.29 bits per heavy atom. The lowest BCUT2D eigenvalue weighted by Gasteiger charge is -2.27. The number of hydrogen-bond donors (Lipinski definition) is 1. The number of carbonyl (C=O) groups excluding carboxylic acids is 1. The van der Waals surface area contributed by atoms with Crippen LogP contribution >= 0.6 is 15.9 Å². The van der Waals surface area contributed by atoms with Gasteiger partial charge < -0.3 is 9.88 Å². The Balaban J connectivity index is 2.10. The molecule has 1 atom stereocenters. The van der Waals surface area contributed by atoms with Gasteiger partial charge in [-0.2, -0.15) is 0 Å². The standard InChI is InChI=1S/C13H19BrN2O/c1-13(2)6-4-5-11(13)15-12(17)10-7-9(14)8-16(10)3/h7-8,11H,4-6H2,1-3H3,(H,15,17). The second-order valence-electron chi connectivity index (χ2n) is 5.56. The van der Waals surface area contributed by atoms with Crippen molar-refractivity contribution >= 4 is 21.8 Å². The molecule has 2 rings (SSSR count). The van der Waals surface area contributed by atoms with Gasteiger partial charge in [0.05, 0.1) is 0 Å². The fourth-order valence-corrected chi connectivity index (χ4v) is 3.10. The zero-order valence-corrected chi connectivity index (χ0v) is 12.2. The van der Waals surface area contributed by atoms with Crippen LogP contribution in [0.25, 0.3) is 0 Å². The molecule has 1 amide bonds. The van der Waals surface area contributed by atoms with Crippen LogP contribution in [0.3, 0.4) is 0 Å². The lowest BCUT2D eigenvalue weighted by molar-refractivity contribution is 0.0901. The summed E-state index contributed by atoms with van der Waals surface area (Å²) in [6, 6.07) is 2.15. The first-order valence-electron chi connectivity index (χ1n) is 6.03. The minimum atomic E-state index is 0.0261. The van der Waals surface area contributed by atoms with Crippen LogP contribution in [-0.4, -0.2) is 16.5 Å². The number of hydrogen-bond acceptors (Lipinski definition) is 1.